The Morgan fingerprint density at radius 3 is 2.28 bits per heavy atom. The summed E-state index contributed by atoms with van der Waals surface area (Å²) in [5, 5.41) is 2.34. The van der Waals surface area contributed by atoms with E-state index < -0.39 is 5.91 Å². The van der Waals surface area contributed by atoms with Gasteiger partial charge in [0, 0.05) is 11.6 Å². The van der Waals surface area contributed by atoms with Gasteiger partial charge < -0.3 is 0 Å². The third kappa shape index (κ3) is 6.15. The monoisotopic (exact) mass is 357 g/mol. The first kappa shape index (κ1) is 18.3. The smallest absolute Gasteiger partial charge is 0.269 e. The van der Waals surface area contributed by atoms with E-state index in [1.165, 1.54) is 36.4 Å². The van der Waals surface area contributed by atoms with E-state index >= 15 is 0 Å². The van der Waals surface area contributed by atoms with Crippen molar-refractivity contribution in [3.63, 3.8) is 0 Å². The maximum absolute atomic E-state index is 12.8. The molecule has 3 N–H and O–H groups in total. The number of carbonyl (C=O) groups is 2. The fourth-order valence-electron chi connectivity index (χ4n) is 1.82. The molecular weight excluding hydrogens is 341 g/mol. The first-order chi connectivity index (χ1) is 11.9. The van der Waals surface area contributed by atoms with Gasteiger partial charge >= 0.3 is 0 Å². The summed E-state index contributed by atoms with van der Waals surface area (Å²) in [6.45, 7) is 1.92. The van der Waals surface area contributed by atoms with Gasteiger partial charge in [0.05, 0.1) is 0 Å². The van der Waals surface area contributed by atoms with Crippen molar-refractivity contribution in [3.05, 3.63) is 77.1 Å². The largest absolute Gasteiger partial charge is 0.298 e. The van der Waals surface area contributed by atoms with Crippen molar-refractivity contribution in [3.8, 4) is 0 Å². The molecule has 128 valence electrons. The number of rotatable bonds is 3. The fourth-order valence-corrected chi connectivity index (χ4v) is 1.97. The van der Waals surface area contributed by atoms with Crippen molar-refractivity contribution in [1.29, 1.82) is 0 Å². The molecular formula is C18H16FN3O2S. The van der Waals surface area contributed by atoms with Gasteiger partial charge in [-0.05, 0) is 55.0 Å². The molecule has 0 atom stereocenters. The number of carbonyl (C=O) groups excluding carboxylic acids is 2. The van der Waals surface area contributed by atoms with Crippen molar-refractivity contribution in [1.82, 2.24) is 16.2 Å². The number of hydrazine groups is 1. The quantitative estimate of drug-likeness (QED) is 0.448. The second-order valence-electron chi connectivity index (χ2n) is 5.15. The number of amides is 2. The summed E-state index contributed by atoms with van der Waals surface area (Å²) in [6, 6.07) is 12.7. The van der Waals surface area contributed by atoms with Gasteiger partial charge in [0.25, 0.3) is 5.91 Å². The van der Waals surface area contributed by atoms with Gasteiger partial charge in [0.1, 0.15) is 5.82 Å². The molecule has 0 radical (unpaired) electrons. The lowest BCUT2D eigenvalue weighted by Crippen LogP contribution is -2.48. The number of halogens is 1. The third-order valence-corrected chi connectivity index (χ3v) is 3.34. The van der Waals surface area contributed by atoms with Crippen molar-refractivity contribution in [2.75, 3.05) is 0 Å². The van der Waals surface area contributed by atoms with E-state index in [0.717, 1.165) is 5.56 Å². The van der Waals surface area contributed by atoms with Crippen LogP contribution in [0.3, 0.4) is 0 Å². The number of nitrogens with one attached hydrogen (secondary N) is 3. The predicted molar refractivity (Wildman–Crippen MR) is 98.0 cm³/mol. The molecule has 7 heteroatoms. The SMILES string of the molecule is Cc1ccc(C(=O)NNC(=S)NC(=O)/C=C/c2ccc(F)cc2)cc1. The minimum atomic E-state index is -0.480. The summed E-state index contributed by atoms with van der Waals surface area (Å²) in [6.07, 6.45) is 2.77. The van der Waals surface area contributed by atoms with Crippen LogP contribution in [-0.2, 0) is 4.79 Å². The number of benzene rings is 2. The molecule has 0 aromatic heterocycles. The normalized spacial score (nSPS) is 10.3. The Balaban J connectivity index is 1.79. The van der Waals surface area contributed by atoms with Crippen LogP contribution in [0.25, 0.3) is 6.08 Å². The van der Waals surface area contributed by atoms with Gasteiger partial charge in [-0.2, -0.15) is 0 Å². The maximum atomic E-state index is 12.8. The Kier molecular flexibility index (Phi) is 6.36. The van der Waals surface area contributed by atoms with Crippen molar-refractivity contribution in [2.24, 2.45) is 0 Å². The van der Waals surface area contributed by atoms with Crippen molar-refractivity contribution in [2.45, 2.75) is 6.92 Å². The average molecular weight is 357 g/mol. The second-order valence-corrected chi connectivity index (χ2v) is 5.56. The van der Waals surface area contributed by atoms with Gasteiger partial charge in [-0.25, -0.2) is 4.39 Å². The molecule has 2 aromatic carbocycles. The van der Waals surface area contributed by atoms with E-state index in [1.54, 1.807) is 12.1 Å². The Bertz CT molecular complexity index is 802. The summed E-state index contributed by atoms with van der Waals surface area (Å²) >= 11 is 4.93. The highest BCUT2D eigenvalue weighted by molar-refractivity contribution is 7.80. The molecule has 0 saturated carbocycles. The Morgan fingerprint density at radius 2 is 1.64 bits per heavy atom. The van der Waals surface area contributed by atoms with E-state index in [1.807, 2.05) is 19.1 Å². The zero-order valence-corrected chi connectivity index (χ0v) is 14.2. The zero-order chi connectivity index (χ0) is 18.2. The van der Waals surface area contributed by atoms with E-state index in [4.69, 9.17) is 12.2 Å². The maximum Gasteiger partial charge on any atom is 0.269 e. The van der Waals surface area contributed by atoms with Crippen LogP contribution >= 0.6 is 12.2 Å². The topological polar surface area (TPSA) is 70.2 Å². The average Bonchev–Trinajstić information content (AvgIpc) is 2.60. The number of aryl methyl sites for hydroxylation is 1. The highest BCUT2D eigenvalue weighted by atomic mass is 32.1. The molecule has 25 heavy (non-hydrogen) atoms. The molecule has 0 fully saturated rings. The van der Waals surface area contributed by atoms with E-state index in [-0.39, 0.29) is 16.8 Å². The van der Waals surface area contributed by atoms with E-state index in [9.17, 15) is 14.0 Å². The van der Waals surface area contributed by atoms with Gasteiger partial charge in [0.15, 0.2) is 5.11 Å². The molecule has 5 nitrogen and oxygen atoms in total. The third-order valence-electron chi connectivity index (χ3n) is 3.14. The predicted octanol–water partition coefficient (Wildman–Crippen LogP) is 2.48. The van der Waals surface area contributed by atoms with Crippen molar-refractivity contribution >= 4 is 35.2 Å². The number of hydrogen-bond donors (Lipinski definition) is 3. The Hall–Kier alpha value is -3.06. The minimum Gasteiger partial charge on any atom is -0.298 e. The molecule has 0 aliphatic rings. The zero-order valence-electron chi connectivity index (χ0n) is 13.4. The van der Waals surface area contributed by atoms with Crippen LogP contribution in [0.15, 0.2) is 54.6 Å². The Morgan fingerprint density at radius 1 is 1.00 bits per heavy atom. The van der Waals surface area contributed by atoms with Gasteiger partial charge in [-0.3, -0.25) is 25.8 Å². The molecule has 2 aromatic rings. The molecule has 2 rings (SSSR count). The summed E-state index contributed by atoms with van der Waals surface area (Å²) in [5.74, 6) is -1.21. The van der Waals surface area contributed by atoms with E-state index in [2.05, 4.69) is 16.2 Å². The van der Waals surface area contributed by atoms with Crippen molar-refractivity contribution < 1.29 is 14.0 Å². The van der Waals surface area contributed by atoms with Crippen LogP contribution in [0.1, 0.15) is 21.5 Å². The molecule has 2 amide bonds. The lowest BCUT2D eigenvalue weighted by atomic mass is 10.1. The fraction of sp³-hybridized carbons (Fsp3) is 0.0556. The van der Waals surface area contributed by atoms with Gasteiger partial charge in [-0.1, -0.05) is 29.8 Å². The summed E-state index contributed by atoms with van der Waals surface area (Å²) in [4.78, 5) is 23.6. The molecule has 0 unspecified atom stereocenters. The van der Waals surface area contributed by atoms with Crippen LogP contribution in [-0.4, -0.2) is 16.9 Å². The molecule has 0 heterocycles. The highest BCUT2D eigenvalue weighted by Gasteiger charge is 2.06. The Labute approximate surface area is 149 Å². The second kappa shape index (κ2) is 8.70. The van der Waals surface area contributed by atoms with Crippen LogP contribution in [0, 0.1) is 12.7 Å². The molecule has 0 aliphatic carbocycles. The standard InChI is InChI=1S/C18H16FN3O2S/c1-12-2-7-14(8-3-12)17(24)21-22-18(25)20-16(23)11-6-13-4-9-15(19)10-5-13/h2-11H,1H3,(H,21,24)(H2,20,22,23,25)/b11-6+. The van der Waals surface area contributed by atoms with Crippen LogP contribution in [0.2, 0.25) is 0 Å². The first-order valence-electron chi connectivity index (χ1n) is 7.35. The van der Waals surface area contributed by atoms with Gasteiger partial charge in [-0.15, -0.1) is 0 Å². The molecule has 0 aliphatic heterocycles. The summed E-state index contributed by atoms with van der Waals surface area (Å²) in [5.41, 5.74) is 7.01. The summed E-state index contributed by atoms with van der Waals surface area (Å²) < 4.78 is 12.8. The summed E-state index contributed by atoms with van der Waals surface area (Å²) in [7, 11) is 0. The molecule has 0 saturated heterocycles. The van der Waals surface area contributed by atoms with Gasteiger partial charge in [0.2, 0.25) is 5.91 Å². The first-order valence-corrected chi connectivity index (χ1v) is 7.76. The minimum absolute atomic E-state index is 0.0470. The number of thiocarbonyl (C=S) groups is 1. The van der Waals surface area contributed by atoms with Crippen LogP contribution < -0.4 is 16.2 Å². The lowest BCUT2D eigenvalue weighted by Gasteiger charge is -2.09. The lowest BCUT2D eigenvalue weighted by molar-refractivity contribution is -0.115. The number of hydrogen-bond acceptors (Lipinski definition) is 3. The molecule has 0 bridgehead atoms. The van der Waals surface area contributed by atoms with E-state index in [0.29, 0.717) is 11.1 Å². The molecule has 0 spiro atoms. The van der Waals surface area contributed by atoms with Crippen LogP contribution in [0.5, 0.6) is 0 Å². The highest BCUT2D eigenvalue weighted by Crippen LogP contribution is 2.04. The van der Waals surface area contributed by atoms with Crippen LogP contribution in [0.4, 0.5) is 4.39 Å².